The van der Waals surface area contributed by atoms with Crippen LogP contribution in [0.15, 0.2) is 36.4 Å². The van der Waals surface area contributed by atoms with Gasteiger partial charge in [-0.3, -0.25) is 14.9 Å². The summed E-state index contributed by atoms with van der Waals surface area (Å²) in [6.07, 6.45) is -5.20. The molecule has 0 radical (unpaired) electrons. The van der Waals surface area contributed by atoms with Gasteiger partial charge in [-0.25, -0.2) is 13.6 Å². The Labute approximate surface area is 240 Å². The van der Waals surface area contributed by atoms with Gasteiger partial charge < -0.3 is 14.9 Å². The molecule has 0 spiro atoms. The second kappa shape index (κ2) is 12.6. The maximum atomic E-state index is 15.3. The van der Waals surface area contributed by atoms with Gasteiger partial charge in [-0.2, -0.15) is 18.4 Å². The van der Waals surface area contributed by atoms with Crippen LogP contribution in [0.2, 0.25) is 10.0 Å². The Bertz CT molecular complexity index is 1380. The molecule has 0 aliphatic carbocycles. The van der Waals surface area contributed by atoms with E-state index in [0.29, 0.717) is 0 Å². The SMILES string of the molecule is COC(=O)C(C)(C)CC1NC(C(=O)O)C(c2cccc(Cl)c2F)C1(C#N)c1ccc(Cl)cc1F.O=C(O)C(F)(F)F. The predicted molar refractivity (Wildman–Crippen MR) is 135 cm³/mol. The zero-order valence-corrected chi connectivity index (χ0v) is 23.0. The monoisotopic (exact) mass is 624 g/mol. The number of carboxylic acid groups (broad SMARTS) is 2. The van der Waals surface area contributed by atoms with Gasteiger partial charge in [-0.15, -0.1) is 0 Å². The lowest BCUT2D eigenvalue weighted by atomic mass is 9.62. The molecule has 4 atom stereocenters. The van der Waals surface area contributed by atoms with E-state index in [1.54, 1.807) is 13.8 Å². The summed E-state index contributed by atoms with van der Waals surface area (Å²) in [6.45, 7) is 3.12. The van der Waals surface area contributed by atoms with Crippen LogP contribution >= 0.6 is 23.2 Å². The maximum Gasteiger partial charge on any atom is 0.490 e. The smallest absolute Gasteiger partial charge is 0.480 e. The van der Waals surface area contributed by atoms with Gasteiger partial charge in [0, 0.05) is 22.5 Å². The summed E-state index contributed by atoms with van der Waals surface area (Å²) >= 11 is 11.9. The quantitative estimate of drug-likeness (QED) is 0.284. The van der Waals surface area contributed by atoms with E-state index in [4.69, 9.17) is 37.8 Å². The van der Waals surface area contributed by atoms with Gasteiger partial charge in [0.2, 0.25) is 0 Å². The molecule has 15 heteroatoms. The van der Waals surface area contributed by atoms with Gasteiger partial charge >= 0.3 is 24.1 Å². The van der Waals surface area contributed by atoms with E-state index < -0.39 is 64.6 Å². The number of hydrogen-bond donors (Lipinski definition) is 3. The zero-order valence-electron chi connectivity index (χ0n) is 21.5. The summed E-state index contributed by atoms with van der Waals surface area (Å²) in [5.74, 6) is -7.92. The first-order valence-corrected chi connectivity index (χ1v) is 12.3. The number of ether oxygens (including phenoxy) is 1. The van der Waals surface area contributed by atoms with Crippen molar-refractivity contribution in [2.75, 3.05) is 7.11 Å². The van der Waals surface area contributed by atoms with Crippen LogP contribution < -0.4 is 5.32 Å². The number of rotatable bonds is 6. The van der Waals surface area contributed by atoms with Crippen LogP contribution in [0.5, 0.6) is 0 Å². The minimum atomic E-state index is -5.08. The fourth-order valence-corrected chi connectivity index (χ4v) is 5.14. The molecule has 222 valence electrons. The second-order valence-electron chi connectivity index (χ2n) is 9.64. The Kier molecular flexibility index (Phi) is 10.4. The maximum absolute atomic E-state index is 15.3. The fraction of sp³-hybridized carbons (Fsp3) is 0.385. The van der Waals surface area contributed by atoms with Crippen LogP contribution in [0, 0.1) is 28.4 Å². The van der Waals surface area contributed by atoms with Gasteiger partial charge in [0.1, 0.15) is 23.1 Å². The molecule has 1 heterocycles. The Morgan fingerprint density at radius 2 is 1.71 bits per heavy atom. The molecule has 0 bridgehead atoms. The largest absolute Gasteiger partial charge is 0.490 e. The first kappa shape index (κ1) is 33.7. The average molecular weight is 625 g/mol. The normalized spacial score (nSPS) is 22.2. The minimum Gasteiger partial charge on any atom is -0.480 e. The standard InChI is InChI=1S/C24H22Cl2F2N2O4.C2HF3O2/c1-23(2,22(33)34-3)10-17-24(11-29,14-8-7-12(25)9-16(14)27)18(20(30-17)21(31)32)13-5-4-6-15(26)19(13)28;3-2(4,5)1(6)7/h4-9,17-18,20,30H,10H2,1-3H3,(H,31,32);(H,6,7). The summed E-state index contributed by atoms with van der Waals surface area (Å²) in [5, 5.41) is 30.4. The molecular weight excluding hydrogens is 602 g/mol. The minimum absolute atomic E-state index is 0.0620. The van der Waals surface area contributed by atoms with E-state index in [1.165, 1.54) is 37.4 Å². The number of aliphatic carboxylic acids is 2. The fourth-order valence-electron chi connectivity index (χ4n) is 4.80. The highest BCUT2D eigenvalue weighted by atomic mass is 35.5. The number of hydrogen-bond acceptors (Lipinski definition) is 6. The highest BCUT2D eigenvalue weighted by Crippen LogP contribution is 2.52. The van der Waals surface area contributed by atoms with Crippen molar-refractivity contribution in [3.8, 4) is 6.07 Å². The van der Waals surface area contributed by atoms with Gasteiger partial charge in [0.25, 0.3) is 0 Å². The van der Waals surface area contributed by atoms with Gasteiger partial charge in [-0.05, 0) is 44.0 Å². The second-order valence-corrected chi connectivity index (χ2v) is 10.5. The molecule has 8 nitrogen and oxygen atoms in total. The third-order valence-corrected chi connectivity index (χ3v) is 7.12. The lowest BCUT2D eigenvalue weighted by Crippen LogP contribution is -2.46. The van der Waals surface area contributed by atoms with Crippen LogP contribution in [0.1, 0.15) is 37.3 Å². The van der Waals surface area contributed by atoms with Crippen LogP contribution in [0.4, 0.5) is 22.0 Å². The molecule has 3 rings (SSSR count). The van der Waals surface area contributed by atoms with E-state index in [-0.39, 0.29) is 27.6 Å². The number of esters is 1. The molecule has 1 aliphatic rings. The summed E-state index contributed by atoms with van der Waals surface area (Å²) < 4.78 is 67.2. The van der Waals surface area contributed by atoms with E-state index in [1.807, 2.05) is 0 Å². The molecule has 1 fully saturated rings. The number of halogens is 7. The number of nitriles is 1. The van der Waals surface area contributed by atoms with Crippen molar-refractivity contribution >= 4 is 41.1 Å². The van der Waals surface area contributed by atoms with E-state index in [2.05, 4.69) is 11.4 Å². The topological polar surface area (TPSA) is 137 Å². The molecule has 0 amide bonds. The Morgan fingerprint density at radius 1 is 1.12 bits per heavy atom. The van der Waals surface area contributed by atoms with Gasteiger partial charge in [0.05, 0.1) is 23.6 Å². The highest BCUT2D eigenvalue weighted by molar-refractivity contribution is 6.31. The summed E-state index contributed by atoms with van der Waals surface area (Å²) in [6, 6.07) is 7.17. The molecular formula is C26H23Cl2F5N2O6. The number of alkyl halides is 3. The summed E-state index contributed by atoms with van der Waals surface area (Å²) in [4.78, 5) is 33.6. The molecule has 2 aromatic rings. The van der Waals surface area contributed by atoms with Crippen molar-refractivity contribution < 1.29 is 51.3 Å². The number of carbonyl (C=O) groups excluding carboxylic acids is 1. The summed E-state index contributed by atoms with van der Waals surface area (Å²) in [5.41, 5.74) is -3.48. The molecule has 4 unspecified atom stereocenters. The van der Waals surface area contributed by atoms with Crippen molar-refractivity contribution in [1.82, 2.24) is 5.32 Å². The van der Waals surface area contributed by atoms with Crippen LogP contribution in [-0.4, -0.2) is 53.5 Å². The lowest BCUT2D eigenvalue weighted by molar-refractivity contribution is -0.192. The Balaban J connectivity index is 0.000000745. The van der Waals surface area contributed by atoms with Crippen molar-refractivity contribution in [2.24, 2.45) is 5.41 Å². The molecule has 1 aliphatic heterocycles. The first-order valence-electron chi connectivity index (χ1n) is 11.5. The van der Waals surface area contributed by atoms with Crippen molar-refractivity contribution in [2.45, 2.75) is 49.9 Å². The molecule has 41 heavy (non-hydrogen) atoms. The molecule has 2 aromatic carbocycles. The van der Waals surface area contributed by atoms with Gasteiger partial charge in [0.15, 0.2) is 0 Å². The number of carbonyl (C=O) groups is 3. The van der Waals surface area contributed by atoms with Gasteiger partial charge in [-0.1, -0.05) is 41.4 Å². The average Bonchev–Trinajstić information content (AvgIpc) is 3.19. The van der Waals surface area contributed by atoms with Crippen LogP contribution in [0.25, 0.3) is 0 Å². The van der Waals surface area contributed by atoms with Crippen LogP contribution in [-0.2, 0) is 24.5 Å². The molecule has 3 N–H and O–H groups in total. The third-order valence-electron chi connectivity index (χ3n) is 6.59. The molecule has 1 saturated heterocycles. The summed E-state index contributed by atoms with van der Waals surface area (Å²) in [7, 11) is 1.20. The number of benzene rings is 2. The van der Waals surface area contributed by atoms with E-state index in [0.717, 1.165) is 6.07 Å². The van der Waals surface area contributed by atoms with Crippen molar-refractivity contribution in [1.29, 1.82) is 5.26 Å². The number of carboxylic acids is 2. The Morgan fingerprint density at radius 3 is 2.17 bits per heavy atom. The predicted octanol–water partition coefficient (Wildman–Crippen LogP) is 5.46. The van der Waals surface area contributed by atoms with Crippen molar-refractivity contribution in [3.05, 3.63) is 69.2 Å². The lowest BCUT2D eigenvalue weighted by Gasteiger charge is -2.37. The van der Waals surface area contributed by atoms with E-state index >= 15 is 8.78 Å². The number of nitrogens with zero attached hydrogens (tertiary/aromatic N) is 1. The van der Waals surface area contributed by atoms with E-state index in [9.17, 15) is 33.1 Å². The zero-order chi connectivity index (χ0) is 31.5. The Hall–Kier alpha value is -3.47. The number of nitrogens with one attached hydrogen (secondary N) is 1. The molecule has 0 aromatic heterocycles. The number of methoxy groups -OCH3 is 1. The third kappa shape index (κ3) is 6.89. The first-order chi connectivity index (χ1) is 18.8. The van der Waals surface area contributed by atoms with Crippen LogP contribution in [0.3, 0.4) is 0 Å². The van der Waals surface area contributed by atoms with Crippen molar-refractivity contribution in [3.63, 3.8) is 0 Å². The molecule has 0 saturated carbocycles. The highest BCUT2D eigenvalue weighted by Gasteiger charge is 2.62.